The van der Waals surface area contributed by atoms with E-state index in [1.54, 1.807) is 0 Å². The fraction of sp³-hybridized carbons (Fsp3) is 0.212. The summed E-state index contributed by atoms with van der Waals surface area (Å²) in [4.78, 5) is 19.4. The largest absolute Gasteiger partial charge is 0.494 e. The molecule has 4 aromatic rings. The fourth-order valence-electron chi connectivity index (χ4n) is 4.85. The molecule has 4 aromatic carbocycles. The molecule has 3 N–H and O–H groups in total. The van der Waals surface area contributed by atoms with Gasteiger partial charge < -0.3 is 14.6 Å². The smallest absolute Gasteiger partial charge is 0.266 e. The Hall–Kier alpha value is -3.21. The van der Waals surface area contributed by atoms with Crippen molar-refractivity contribution in [3.05, 3.63) is 133 Å². The van der Waals surface area contributed by atoms with Crippen LogP contribution in [0.3, 0.4) is 0 Å². The third-order valence-corrected chi connectivity index (χ3v) is 8.94. The van der Waals surface area contributed by atoms with E-state index in [-0.39, 0.29) is 18.9 Å². The number of hydrogen-bond donors (Lipinski definition) is 3. The Morgan fingerprint density at radius 3 is 2.30 bits per heavy atom. The van der Waals surface area contributed by atoms with Gasteiger partial charge in [0.1, 0.15) is 5.75 Å². The molecule has 0 unspecified atom stereocenters. The van der Waals surface area contributed by atoms with Crippen LogP contribution in [0.5, 0.6) is 5.75 Å². The molecule has 0 spiro atoms. The standard InChI is InChI=1S/C33H30Br2ClN3O4/c34-27-11-4-1-8-23(27)20-33(32(41)39-37-21-24-9-2-6-13-29(24)36)30(26-10-3-5-12-28(26)35)43-31(38-33)22-14-16-25(17-15-22)42-19-7-18-40/h1-6,8-17,30,37,40H,7,18-21H2,(H,39,41)/t30-,33-/m0/s1. The predicted octanol–water partition coefficient (Wildman–Crippen LogP) is 6.95. The summed E-state index contributed by atoms with van der Waals surface area (Å²) in [5.74, 6) is 0.658. The number of amides is 1. The first-order valence-electron chi connectivity index (χ1n) is 13.8. The molecule has 0 aliphatic carbocycles. The number of halogens is 3. The van der Waals surface area contributed by atoms with Crippen LogP contribution in [0.25, 0.3) is 0 Å². The van der Waals surface area contributed by atoms with Gasteiger partial charge in [-0.1, -0.05) is 98.1 Å². The number of nitrogens with zero attached hydrogens (tertiary/aromatic N) is 1. The van der Waals surface area contributed by atoms with Crippen molar-refractivity contribution in [2.75, 3.05) is 13.2 Å². The van der Waals surface area contributed by atoms with Crippen molar-refractivity contribution in [1.82, 2.24) is 10.9 Å². The van der Waals surface area contributed by atoms with Gasteiger partial charge in [-0.3, -0.25) is 10.2 Å². The number of aliphatic hydroxyl groups is 1. The van der Waals surface area contributed by atoms with Crippen molar-refractivity contribution >= 4 is 55.3 Å². The van der Waals surface area contributed by atoms with Gasteiger partial charge >= 0.3 is 0 Å². The van der Waals surface area contributed by atoms with Crippen LogP contribution in [0, 0.1) is 0 Å². The minimum absolute atomic E-state index is 0.0636. The Morgan fingerprint density at radius 1 is 0.930 bits per heavy atom. The van der Waals surface area contributed by atoms with E-state index in [0.29, 0.717) is 41.8 Å². The molecule has 0 saturated heterocycles. The zero-order valence-corrected chi connectivity index (χ0v) is 27.0. The van der Waals surface area contributed by atoms with Gasteiger partial charge in [-0.25, -0.2) is 10.4 Å². The zero-order valence-electron chi connectivity index (χ0n) is 23.1. The number of hydrazine groups is 1. The lowest BCUT2D eigenvalue weighted by Gasteiger charge is -2.31. The number of rotatable bonds is 12. The summed E-state index contributed by atoms with van der Waals surface area (Å²) < 4.78 is 14.0. The lowest BCUT2D eigenvalue weighted by molar-refractivity contribution is -0.130. The van der Waals surface area contributed by atoms with Crippen LogP contribution >= 0.6 is 43.5 Å². The molecule has 1 aliphatic heterocycles. The zero-order chi connectivity index (χ0) is 30.2. The molecule has 222 valence electrons. The molecule has 1 heterocycles. The number of hydrogen-bond acceptors (Lipinski definition) is 6. The average molecular weight is 728 g/mol. The molecule has 1 amide bonds. The molecule has 0 aromatic heterocycles. The minimum Gasteiger partial charge on any atom is -0.494 e. The number of ether oxygens (including phenoxy) is 2. The maximum absolute atomic E-state index is 14.4. The molecule has 0 radical (unpaired) electrons. The van der Waals surface area contributed by atoms with Gasteiger partial charge in [-0.05, 0) is 53.6 Å². The molecule has 0 saturated carbocycles. The SMILES string of the molecule is O=C(NNCc1ccccc1Cl)[C@@]1(Cc2ccccc2Br)N=C(c2ccc(OCCCO)cc2)O[C@H]1c1ccccc1Br. The van der Waals surface area contributed by atoms with Gasteiger partial charge in [0.25, 0.3) is 5.91 Å². The molecule has 1 aliphatic rings. The van der Waals surface area contributed by atoms with Crippen LogP contribution in [0.1, 0.15) is 34.8 Å². The first kappa shape index (κ1) is 31.2. The molecular weight excluding hydrogens is 698 g/mol. The summed E-state index contributed by atoms with van der Waals surface area (Å²) in [6, 6.07) is 30.3. The van der Waals surface area contributed by atoms with Gasteiger partial charge in [0.05, 0.1) is 6.61 Å². The highest BCUT2D eigenvalue weighted by Crippen LogP contribution is 2.45. The summed E-state index contributed by atoms with van der Waals surface area (Å²) in [5, 5.41) is 9.65. The maximum atomic E-state index is 14.4. The molecule has 2 atom stereocenters. The second-order valence-corrected chi connectivity index (χ2v) is 12.1. The second kappa shape index (κ2) is 14.5. The number of carbonyl (C=O) groups is 1. The van der Waals surface area contributed by atoms with Crippen LogP contribution < -0.4 is 15.6 Å². The van der Waals surface area contributed by atoms with Crippen molar-refractivity contribution in [1.29, 1.82) is 0 Å². The van der Waals surface area contributed by atoms with Gasteiger partial charge in [-0.2, -0.15) is 0 Å². The average Bonchev–Trinajstić information content (AvgIpc) is 3.40. The van der Waals surface area contributed by atoms with E-state index in [9.17, 15) is 4.79 Å². The van der Waals surface area contributed by atoms with Crippen molar-refractivity contribution < 1.29 is 19.4 Å². The molecule has 0 fully saturated rings. The highest BCUT2D eigenvalue weighted by molar-refractivity contribution is 9.10. The van der Waals surface area contributed by atoms with Gasteiger partial charge in [0.2, 0.25) is 5.90 Å². The number of aliphatic imine (C=N–C) groups is 1. The summed E-state index contributed by atoms with van der Waals surface area (Å²) in [7, 11) is 0. The Labute approximate surface area is 272 Å². The highest BCUT2D eigenvalue weighted by atomic mass is 79.9. The van der Waals surface area contributed by atoms with Crippen molar-refractivity contribution in [2.24, 2.45) is 4.99 Å². The first-order valence-corrected chi connectivity index (χ1v) is 15.7. The maximum Gasteiger partial charge on any atom is 0.266 e. The van der Waals surface area contributed by atoms with E-state index < -0.39 is 11.6 Å². The summed E-state index contributed by atoms with van der Waals surface area (Å²) in [5.41, 5.74) is 7.82. The molecule has 43 heavy (non-hydrogen) atoms. The van der Waals surface area contributed by atoms with Gasteiger partial charge in [-0.15, -0.1) is 0 Å². The van der Waals surface area contributed by atoms with Crippen LogP contribution in [-0.2, 0) is 22.5 Å². The molecule has 7 nitrogen and oxygen atoms in total. The van der Waals surface area contributed by atoms with E-state index in [1.165, 1.54) is 0 Å². The van der Waals surface area contributed by atoms with Crippen LogP contribution in [0.15, 0.2) is 111 Å². The quantitative estimate of drug-likeness (QED) is 0.109. The molecular formula is C33H30Br2ClN3O4. The second-order valence-electron chi connectivity index (χ2n) is 9.98. The third kappa shape index (κ3) is 7.30. The van der Waals surface area contributed by atoms with Crippen molar-refractivity contribution in [3.8, 4) is 5.75 Å². The summed E-state index contributed by atoms with van der Waals surface area (Å²) in [6.45, 7) is 0.799. The minimum atomic E-state index is -1.38. The normalized spacial score (nSPS) is 17.7. The lowest BCUT2D eigenvalue weighted by atomic mass is 9.82. The first-order chi connectivity index (χ1) is 20.9. The lowest BCUT2D eigenvalue weighted by Crippen LogP contribution is -2.53. The number of carbonyl (C=O) groups excluding carboxylic acids is 1. The van der Waals surface area contributed by atoms with Gasteiger partial charge in [0, 0.05) is 51.1 Å². The monoisotopic (exact) mass is 725 g/mol. The third-order valence-electron chi connectivity index (χ3n) is 7.07. The number of benzene rings is 4. The van der Waals surface area contributed by atoms with E-state index in [2.05, 4.69) is 42.7 Å². The molecule has 0 bridgehead atoms. The Kier molecular flexibility index (Phi) is 10.5. The van der Waals surface area contributed by atoms with Crippen molar-refractivity contribution in [3.63, 3.8) is 0 Å². The van der Waals surface area contributed by atoms with E-state index in [4.69, 9.17) is 31.2 Å². The van der Waals surface area contributed by atoms with E-state index >= 15 is 0 Å². The number of nitrogens with one attached hydrogen (secondary N) is 2. The van der Waals surface area contributed by atoms with Crippen LogP contribution in [0.4, 0.5) is 0 Å². The molecule has 5 rings (SSSR count). The van der Waals surface area contributed by atoms with E-state index in [1.807, 2.05) is 97.1 Å². The highest BCUT2D eigenvalue weighted by Gasteiger charge is 2.54. The van der Waals surface area contributed by atoms with Crippen LogP contribution in [0.2, 0.25) is 5.02 Å². The van der Waals surface area contributed by atoms with Crippen LogP contribution in [-0.4, -0.2) is 35.7 Å². The molecule has 10 heteroatoms. The summed E-state index contributed by atoms with van der Waals surface area (Å²) in [6.07, 6.45) is 0.0432. The number of aliphatic hydroxyl groups excluding tert-OH is 1. The topological polar surface area (TPSA) is 92.2 Å². The Balaban J connectivity index is 1.54. The van der Waals surface area contributed by atoms with Gasteiger partial charge in [0.15, 0.2) is 11.6 Å². The predicted molar refractivity (Wildman–Crippen MR) is 175 cm³/mol. The summed E-state index contributed by atoms with van der Waals surface area (Å²) >= 11 is 13.7. The van der Waals surface area contributed by atoms with E-state index in [0.717, 1.165) is 25.6 Å². The fourth-order valence-corrected chi connectivity index (χ4v) is 5.97. The Morgan fingerprint density at radius 2 is 1.60 bits per heavy atom. The Bertz CT molecular complexity index is 1600. The van der Waals surface area contributed by atoms with Crippen molar-refractivity contribution in [2.45, 2.75) is 31.0 Å².